The molecule has 5 rings (SSSR count). The van der Waals surface area contributed by atoms with Gasteiger partial charge in [-0.2, -0.15) is 0 Å². The van der Waals surface area contributed by atoms with Gasteiger partial charge in [0.25, 0.3) is 5.91 Å². The Balaban J connectivity index is 1.48. The van der Waals surface area contributed by atoms with Crippen LogP contribution in [0.1, 0.15) is 53.2 Å². The van der Waals surface area contributed by atoms with Crippen molar-refractivity contribution in [2.45, 2.75) is 45.1 Å². The Labute approximate surface area is 199 Å². The number of rotatable bonds is 3. The standard InChI is InChI=1S/C28H27ClN2O2/c1-3-19-8-10-20(11-9-19)27(32)31-18(2)16-24(23-6-4-5-7-26(23)31)28(33)30-15-14-21-17-22(29)12-13-25(21)30/h4-13,17-18,24H,3,14-16H2,1-2H3/t18-,24-/m0/s1. The Morgan fingerprint density at radius 1 is 1.00 bits per heavy atom. The molecule has 0 aliphatic carbocycles. The molecular weight excluding hydrogens is 432 g/mol. The van der Waals surface area contributed by atoms with Crippen LogP contribution in [0, 0.1) is 0 Å². The van der Waals surface area contributed by atoms with Gasteiger partial charge < -0.3 is 9.80 Å². The molecule has 0 saturated carbocycles. The van der Waals surface area contributed by atoms with E-state index < -0.39 is 0 Å². The topological polar surface area (TPSA) is 40.6 Å². The van der Waals surface area contributed by atoms with Gasteiger partial charge in [0.1, 0.15) is 0 Å². The predicted octanol–water partition coefficient (Wildman–Crippen LogP) is 6.01. The number of amides is 2. The molecule has 0 N–H and O–H groups in total. The molecule has 3 aromatic carbocycles. The molecule has 3 aromatic rings. The van der Waals surface area contributed by atoms with Crippen LogP contribution in [0.25, 0.3) is 0 Å². The van der Waals surface area contributed by atoms with E-state index in [1.54, 1.807) is 0 Å². The van der Waals surface area contributed by atoms with Crippen molar-refractivity contribution in [1.82, 2.24) is 0 Å². The minimum atomic E-state index is -0.288. The Bertz CT molecular complexity index is 1220. The summed E-state index contributed by atoms with van der Waals surface area (Å²) in [5, 5.41) is 0.695. The third-order valence-corrected chi connectivity index (χ3v) is 7.15. The molecule has 2 amide bonds. The van der Waals surface area contributed by atoms with Crippen LogP contribution in [-0.4, -0.2) is 24.4 Å². The second-order valence-corrected chi connectivity index (χ2v) is 9.37. The third kappa shape index (κ3) is 3.83. The van der Waals surface area contributed by atoms with Crippen molar-refractivity contribution in [1.29, 1.82) is 0 Å². The number of hydrogen-bond donors (Lipinski definition) is 0. The Morgan fingerprint density at radius 3 is 2.52 bits per heavy atom. The van der Waals surface area contributed by atoms with Crippen LogP contribution in [-0.2, 0) is 17.6 Å². The number of para-hydroxylation sites is 1. The number of fused-ring (bicyclic) bond motifs is 2. The second kappa shape index (κ2) is 8.68. The quantitative estimate of drug-likeness (QED) is 0.482. The zero-order chi connectivity index (χ0) is 23.1. The molecule has 4 nitrogen and oxygen atoms in total. The fourth-order valence-corrected chi connectivity index (χ4v) is 5.36. The predicted molar refractivity (Wildman–Crippen MR) is 133 cm³/mol. The maximum absolute atomic E-state index is 13.8. The van der Waals surface area contributed by atoms with Gasteiger partial charge in [0.2, 0.25) is 5.91 Å². The molecule has 0 aromatic heterocycles. The fraction of sp³-hybridized carbons (Fsp3) is 0.286. The summed E-state index contributed by atoms with van der Waals surface area (Å²) in [6.07, 6.45) is 2.34. The molecule has 168 valence electrons. The maximum Gasteiger partial charge on any atom is 0.258 e. The molecule has 0 unspecified atom stereocenters. The van der Waals surface area contributed by atoms with E-state index in [1.807, 2.05) is 83.5 Å². The molecule has 2 aliphatic heterocycles. The van der Waals surface area contributed by atoms with Crippen molar-refractivity contribution in [3.8, 4) is 0 Å². The fourth-order valence-electron chi connectivity index (χ4n) is 5.17. The molecule has 2 heterocycles. The van der Waals surface area contributed by atoms with E-state index in [-0.39, 0.29) is 23.8 Å². The molecule has 0 fully saturated rings. The highest BCUT2D eigenvalue weighted by Gasteiger charge is 2.40. The summed E-state index contributed by atoms with van der Waals surface area (Å²) in [7, 11) is 0. The summed E-state index contributed by atoms with van der Waals surface area (Å²) in [6.45, 7) is 4.80. The number of carbonyl (C=O) groups is 2. The first-order valence-electron chi connectivity index (χ1n) is 11.6. The second-order valence-electron chi connectivity index (χ2n) is 8.93. The molecule has 0 spiro atoms. The smallest absolute Gasteiger partial charge is 0.258 e. The van der Waals surface area contributed by atoms with Crippen molar-refractivity contribution in [2.75, 3.05) is 16.3 Å². The summed E-state index contributed by atoms with van der Waals surface area (Å²) < 4.78 is 0. The van der Waals surface area contributed by atoms with Gasteiger partial charge in [-0.25, -0.2) is 0 Å². The van der Waals surface area contributed by atoms with Crippen LogP contribution < -0.4 is 9.80 Å². The highest BCUT2D eigenvalue weighted by atomic mass is 35.5. The molecule has 2 aliphatic rings. The van der Waals surface area contributed by atoms with Crippen LogP contribution in [0.3, 0.4) is 0 Å². The normalized spacial score (nSPS) is 19.2. The highest BCUT2D eigenvalue weighted by molar-refractivity contribution is 6.30. The van der Waals surface area contributed by atoms with E-state index in [9.17, 15) is 9.59 Å². The number of carbonyl (C=O) groups excluding carboxylic acids is 2. The zero-order valence-corrected chi connectivity index (χ0v) is 19.7. The summed E-state index contributed by atoms with van der Waals surface area (Å²) in [6, 6.07) is 21.3. The van der Waals surface area contributed by atoms with E-state index in [0.717, 1.165) is 35.3 Å². The van der Waals surface area contributed by atoms with Gasteiger partial charge in [-0.15, -0.1) is 0 Å². The first-order valence-corrected chi connectivity index (χ1v) is 12.0. The van der Waals surface area contributed by atoms with Crippen molar-refractivity contribution < 1.29 is 9.59 Å². The summed E-state index contributed by atoms with van der Waals surface area (Å²) in [5.74, 6) is -0.219. The molecular formula is C28H27ClN2O2. The van der Waals surface area contributed by atoms with E-state index in [1.165, 1.54) is 5.56 Å². The van der Waals surface area contributed by atoms with Gasteiger partial charge in [0.15, 0.2) is 0 Å². The van der Waals surface area contributed by atoms with Crippen LogP contribution in [0.5, 0.6) is 0 Å². The summed E-state index contributed by atoms with van der Waals surface area (Å²) in [5.41, 5.74) is 5.68. The van der Waals surface area contributed by atoms with Gasteiger partial charge in [-0.3, -0.25) is 9.59 Å². The molecule has 33 heavy (non-hydrogen) atoms. The molecule has 5 heteroatoms. The molecule has 0 radical (unpaired) electrons. The molecule has 0 bridgehead atoms. The third-order valence-electron chi connectivity index (χ3n) is 6.92. The van der Waals surface area contributed by atoms with Crippen LogP contribution in [0.15, 0.2) is 66.7 Å². The number of hydrogen-bond acceptors (Lipinski definition) is 2. The minimum Gasteiger partial charge on any atom is -0.311 e. The lowest BCUT2D eigenvalue weighted by Crippen LogP contribution is -2.46. The lowest BCUT2D eigenvalue weighted by Gasteiger charge is -2.40. The van der Waals surface area contributed by atoms with E-state index in [2.05, 4.69) is 6.92 Å². The average Bonchev–Trinajstić information content (AvgIpc) is 3.25. The number of nitrogens with zero attached hydrogens (tertiary/aromatic N) is 2. The average molecular weight is 459 g/mol. The van der Waals surface area contributed by atoms with Gasteiger partial charge in [0.05, 0.1) is 5.92 Å². The minimum absolute atomic E-state index is 0.0235. The number of aryl methyl sites for hydroxylation is 1. The van der Waals surface area contributed by atoms with Crippen molar-refractivity contribution >= 4 is 34.8 Å². The number of halogens is 1. The summed E-state index contributed by atoms with van der Waals surface area (Å²) in [4.78, 5) is 31.0. The largest absolute Gasteiger partial charge is 0.311 e. The van der Waals surface area contributed by atoms with E-state index >= 15 is 0 Å². The van der Waals surface area contributed by atoms with Crippen LogP contribution in [0.4, 0.5) is 11.4 Å². The van der Waals surface area contributed by atoms with E-state index in [4.69, 9.17) is 11.6 Å². The SMILES string of the molecule is CCc1ccc(C(=O)N2c3ccccc3[C@@H](C(=O)N3CCc4cc(Cl)ccc43)C[C@@H]2C)cc1. The zero-order valence-electron chi connectivity index (χ0n) is 18.9. The van der Waals surface area contributed by atoms with Crippen molar-refractivity contribution in [3.63, 3.8) is 0 Å². The monoisotopic (exact) mass is 458 g/mol. The van der Waals surface area contributed by atoms with Crippen LogP contribution in [0.2, 0.25) is 5.02 Å². The van der Waals surface area contributed by atoms with Crippen LogP contribution >= 0.6 is 11.6 Å². The van der Waals surface area contributed by atoms with Gasteiger partial charge in [-0.05, 0) is 79.3 Å². The van der Waals surface area contributed by atoms with Crippen molar-refractivity contribution in [3.05, 3.63) is 94.0 Å². The lowest BCUT2D eigenvalue weighted by atomic mass is 9.84. The lowest BCUT2D eigenvalue weighted by molar-refractivity contribution is -0.120. The van der Waals surface area contributed by atoms with E-state index in [0.29, 0.717) is 23.6 Å². The summed E-state index contributed by atoms with van der Waals surface area (Å²) >= 11 is 6.16. The first-order chi connectivity index (χ1) is 16.0. The first kappa shape index (κ1) is 21.7. The maximum atomic E-state index is 13.8. The van der Waals surface area contributed by atoms with Crippen molar-refractivity contribution in [2.24, 2.45) is 0 Å². The number of benzene rings is 3. The Morgan fingerprint density at radius 2 is 1.76 bits per heavy atom. The molecule has 2 atom stereocenters. The molecule has 0 saturated heterocycles. The highest BCUT2D eigenvalue weighted by Crippen LogP contribution is 2.42. The van der Waals surface area contributed by atoms with Gasteiger partial charge in [-0.1, -0.05) is 48.9 Å². The van der Waals surface area contributed by atoms with Gasteiger partial charge in [0, 0.05) is 34.5 Å². The van der Waals surface area contributed by atoms with Gasteiger partial charge >= 0.3 is 0 Å². The Kier molecular flexibility index (Phi) is 5.71. The number of anilines is 2. The Hall–Kier alpha value is -3.11.